The van der Waals surface area contributed by atoms with E-state index in [1.165, 1.54) is 18.2 Å². The Labute approximate surface area is 114 Å². The van der Waals surface area contributed by atoms with Gasteiger partial charge in [-0.05, 0) is 25.3 Å². The van der Waals surface area contributed by atoms with E-state index in [1.807, 2.05) is 25.1 Å². The Bertz CT molecular complexity index is 443. The van der Waals surface area contributed by atoms with E-state index in [4.69, 9.17) is 0 Å². The summed E-state index contributed by atoms with van der Waals surface area (Å²) >= 11 is 0. The second-order valence-corrected chi connectivity index (χ2v) is 4.51. The number of aryl methyl sites for hydroxylation is 1. The molecule has 0 saturated heterocycles. The summed E-state index contributed by atoms with van der Waals surface area (Å²) in [4.78, 5) is 23.2. The molecule has 4 nitrogen and oxygen atoms in total. The van der Waals surface area contributed by atoms with E-state index in [0.29, 0.717) is 13.0 Å². The van der Waals surface area contributed by atoms with E-state index in [1.54, 1.807) is 6.92 Å². The summed E-state index contributed by atoms with van der Waals surface area (Å²) in [5.74, 6) is -1.44. The minimum absolute atomic E-state index is 0.262. The maximum Gasteiger partial charge on any atom is 0.318 e. The monoisotopic (exact) mass is 263 g/mol. The number of carbonyl (C=O) groups is 2. The van der Waals surface area contributed by atoms with Gasteiger partial charge in [0.05, 0.1) is 7.11 Å². The number of nitrogens with one attached hydrogen (secondary N) is 1. The molecule has 0 bridgehead atoms. The van der Waals surface area contributed by atoms with Crippen molar-refractivity contribution in [2.45, 2.75) is 26.7 Å². The molecular formula is C15H21NO3. The van der Waals surface area contributed by atoms with Gasteiger partial charge in [-0.3, -0.25) is 9.59 Å². The molecule has 0 saturated carbocycles. The third kappa shape index (κ3) is 4.73. The number of benzene rings is 1. The molecule has 1 atom stereocenters. The summed E-state index contributed by atoms with van der Waals surface area (Å²) in [7, 11) is 1.30. The van der Waals surface area contributed by atoms with Crippen LogP contribution in [0.1, 0.15) is 24.5 Å². The molecule has 1 amide bonds. The molecule has 0 spiro atoms. The average molecular weight is 263 g/mol. The lowest BCUT2D eigenvalue weighted by molar-refractivity contribution is -0.150. The highest BCUT2D eigenvalue weighted by atomic mass is 16.5. The Morgan fingerprint density at radius 1 is 1.37 bits per heavy atom. The Morgan fingerprint density at radius 2 is 2.11 bits per heavy atom. The fourth-order valence-electron chi connectivity index (χ4n) is 1.92. The van der Waals surface area contributed by atoms with Crippen molar-refractivity contribution in [2.24, 2.45) is 5.92 Å². The van der Waals surface area contributed by atoms with Gasteiger partial charge in [0.25, 0.3) is 0 Å². The third-order valence-corrected chi connectivity index (χ3v) is 3.01. The topological polar surface area (TPSA) is 55.4 Å². The summed E-state index contributed by atoms with van der Waals surface area (Å²) in [6.45, 7) is 4.35. The first-order chi connectivity index (χ1) is 9.08. The maximum absolute atomic E-state index is 11.8. The van der Waals surface area contributed by atoms with Gasteiger partial charge >= 0.3 is 5.97 Å². The number of hydrogen-bond donors (Lipinski definition) is 1. The first-order valence-electron chi connectivity index (χ1n) is 6.49. The molecule has 104 valence electrons. The second-order valence-electron chi connectivity index (χ2n) is 4.51. The number of methoxy groups -OCH3 is 1. The Hall–Kier alpha value is -1.84. The average Bonchev–Trinajstić information content (AvgIpc) is 2.39. The van der Waals surface area contributed by atoms with Crippen LogP contribution in [0.4, 0.5) is 0 Å². The van der Waals surface area contributed by atoms with Crippen LogP contribution in [0.25, 0.3) is 0 Å². The summed E-state index contributed by atoms with van der Waals surface area (Å²) in [6.07, 6.45) is 1.20. The highest BCUT2D eigenvalue weighted by molar-refractivity contribution is 5.97. The van der Waals surface area contributed by atoms with Crippen molar-refractivity contribution in [3.63, 3.8) is 0 Å². The lowest BCUT2D eigenvalue weighted by Gasteiger charge is -2.12. The van der Waals surface area contributed by atoms with E-state index in [0.717, 1.165) is 6.42 Å². The van der Waals surface area contributed by atoms with Gasteiger partial charge in [-0.2, -0.15) is 0 Å². The molecule has 1 N–H and O–H groups in total. The van der Waals surface area contributed by atoms with Crippen molar-refractivity contribution in [3.8, 4) is 0 Å². The minimum Gasteiger partial charge on any atom is -0.468 e. The number of hydrogen-bond acceptors (Lipinski definition) is 3. The predicted molar refractivity (Wildman–Crippen MR) is 73.7 cm³/mol. The highest BCUT2D eigenvalue weighted by Gasteiger charge is 2.24. The number of amides is 1. The molecule has 0 aromatic heterocycles. The van der Waals surface area contributed by atoms with Gasteiger partial charge in [-0.15, -0.1) is 0 Å². The van der Waals surface area contributed by atoms with Gasteiger partial charge in [-0.1, -0.05) is 36.8 Å². The Morgan fingerprint density at radius 3 is 2.68 bits per heavy atom. The molecule has 0 aliphatic carbocycles. The SMILES string of the molecule is CCC(C(=O)NCCc1cccc(C)c1)C(=O)OC. The lowest BCUT2D eigenvalue weighted by Crippen LogP contribution is -2.36. The van der Waals surface area contributed by atoms with E-state index < -0.39 is 11.9 Å². The van der Waals surface area contributed by atoms with Crippen LogP contribution in [0.15, 0.2) is 24.3 Å². The van der Waals surface area contributed by atoms with Crippen molar-refractivity contribution in [1.82, 2.24) is 5.32 Å². The number of rotatable bonds is 6. The zero-order chi connectivity index (χ0) is 14.3. The molecule has 19 heavy (non-hydrogen) atoms. The van der Waals surface area contributed by atoms with Crippen molar-refractivity contribution in [2.75, 3.05) is 13.7 Å². The zero-order valence-electron chi connectivity index (χ0n) is 11.7. The predicted octanol–water partition coefficient (Wildman–Crippen LogP) is 1.85. The molecule has 1 aromatic rings. The van der Waals surface area contributed by atoms with Gasteiger partial charge < -0.3 is 10.1 Å². The summed E-state index contributed by atoms with van der Waals surface area (Å²) in [5, 5.41) is 2.78. The number of ether oxygens (including phenoxy) is 1. The quantitative estimate of drug-likeness (QED) is 0.629. The number of esters is 1. The van der Waals surface area contributed by atoms with Crippen LogP contribution >= 0.6 is 0 Å². The maximum atomic E-state index is 11.8. The van der Waals surface area contributed by atoms with Gasteiger partial charge in [0.1, 0.15) is 5.92 Å². The zero-order valence-corrected chi connectivity index (χ0v) is 11.7. The van der Waals surface area contributed by atoms with Crippen LogP contribution in [0.3, 0.4) is 0 Å². The van der Waals surface area contributed by atoms with E-state index in [-0.39, 0.29) is 5.91 Å². The molecule has 1 aromatic carbocycles. The van der Waals surface area contributed by atoms with Crippen molar-refractivity contribution in [3.05, 3.63) is 35.4 Å². The third-order valence-electron chi connectivity index (χ3n) is 3.01. The highest BCUT2D eigenvalue weighted by Crippen LogP contribution is 2.06. The van der Waals surface area contributed by atoms with Crippen molar-refractivity contribution >= 4 is 11.9 Å². The fraction of sp³-hybridized carbons (Fsp3) is 0.467. The van der Waals surface area contributed by atoms with Crippen LogP contribution in [0.2, 0.25) is 0 Å². The Kier molecular flexibility index (Phi) is 6.06. The smallest absolute Gasteiger partial charge is 0.318 e. The van der Waals surface area contributed by atoms with Crippen molar-refractivity contribution in [1.29, 1.82) is 0 Å². The number of carbonyl (C=O) groups excluding carboxylic acids is 2. The normalized spacial score (nSPS) is 11.7. The van der Waals surface area contributed by atoms with Crippen LogP contribution < -0.4 is 5.32 Å². The minimum atomic E-state index is -0.706. The fourth-order valence-corrected chi connectivity index (χ4v) is 1.92. The van der Waals surface area contributed by atoms with Crippen LogP contribution in [0.5, 0.6) is 0 Å². The van der Waals surface area contributed by atoms with Gasteiger partial charge in [-0.25, -0.2) is 0 Å². The standard InChI is InChI=1S/C15H21NO3/c1-4-13(15(18)19-3)14(17)16-9-8-12-7-5-6-11(2)10-12/h5-7,10,13H,4,8-9H2,1-3H3,(H,16,17). The first-order valence-corrected chi connectivity index (χ1v) is 6.49. The largest absolute Gasteiger partial charge is 0.468 e. The Balaban J connectivity index is 2.44. The summed E-state index contributed by atoms with van der Waals surface area (Å²) < 4.78 is 4.60. The van der Waals surface area contributed by atoms with Gasteiger partial charge in [0.15, 0.2) is 0 Å². The molecular weight excluding hydrogens is 242 g/mol. The summed E-state index contributed by atoms with van der Waals surface area (Å²) in [6, 6.07) is 8.14. The van der Waals surface area contributed by atoms with Gasteiger partial charge in [0.2, 0.25) is 5.91 Å². The second kappa shape index (κ2) is 7.56. The van der Waals surface area contributed by atoms with Crippen LogP contribution in [-0.2, 0) is 20.7 Å². The molecule has 0 fully saturated rings. The molecule has 0 aliphatic rings. The summed E-state index contributed by atoms with van der Waals surface area (Å²) in [5.41, 5.74) is 2.37. The molecule has 0 radical (unpaired) electrons. The van der Waals surface area contributed by atoms with E-state index in [2.05, 4.69) is 16.1 Å². The molecule has 4 heteroatoms. The molecule has 0 aliphatic heterocycles. The molecule has 1 rings (SSSR count). The molecule has 1 unspecified atom stereocenters. The first kappa shape index (κ1) is 15.2. The van der Waals surface area contributed by atoms with E-state index in [9.17, 15) is 9.59 Å². The molecule has 0 heterocycles. The van der Waals surface area contributed by atoms with Crippen LogP contribution in [-0.4, -0.2) is 25.5 Å². The van der Waals surface area contributed by atoms with E-state index >= 15 is 0 Å². The van der Waals surface area contributed by atoms with Gasteiger partial charge in [0, 0.05) is 6.54 Å². The van der Waals surface area contributed by atoms with Crippen LogP contribution in [0, 0.1) is 12.8 Å². The lowest BCUT2D eigenvalue weighted by atomic mass is 10.1. The van der Waals surface area contributed by atoms with Crippen molar-refractivity contribution < 1.29 is 14.3 Å².